The number of thiophene rings is 2. The van der Waals surface area contributed by atoms with Crippen LogP contribution in [0.3, 0.4) is 0 Å². The van der Waals surface area contributed by atoms with Crippen LogP contribution in [0.1, 0.15) is 9.67 Å². The van der Waals surface area contributed by atoms with Gasteiger partial charge in [-0.05, 0) is 35.7 Å². The van der Waals surface area contributed by atoms with E-state index >= 15 is 0 Å². The molecular weight excluding hydrogens is 349 g/mol. The molecule has 0 saturated carbocycles. The Labute approximate surface area is 125 Å². The normalized spacial score (nSPS) is 10.8. The van der Waals surface area contributed by atoms with E-state index < -0.39 is 5.82 Å². The topological polar surface area (TPSA) is 29.1 Å². The van der Waals surface area contributed by atoms with Gasteiger partial charge in [0.25, 0.3) is 5.91 Å². The fraction of sp³-hybridized carbons (Fsp3) is 0. The molecule has 0 unspecified atom stereocenters. The first-order chi connectivity index (χ1) is 9.13. The van der Waals surface area contributed by atoms with Crippen LogP contribution in [0.5, 0.6) is 0 Å². The quantitative estimate of drug-likeness (QED) is 0.679. The largest absolute Gasteiger partial charge is 0.319 e. The lowest BCUT2D eigenvalue weighted by molar-refractivity contribution is 0.103. The Morgan fingerprint density at radius 3 is 2.79 bits per heavy atom. The van der Waals surface area contributed by atoms with Crippen LogP contribution in [0.4, 0.5) is 10.1 Å². The van der Waals surface area contributed by atoms with E-state index in [1.54, 1.807) is 17.4 Å². The molecule has 6 heteroatoms. The fourth-order valence-electron chi connectivity index (χ4n) is 1.65. The Kier molecular flexibility index (Phi) is 3.38. The van der Waals surface area contributed by atoms with E-state index in [2.05, 4.69) is 21.2 Å². The molecule has 0 spiro atoms. The SMILES string of the molecule is O=C(Nc1ccc(Br)cc1F)c1cc2sccc2s1. The predicted molar refractivity (Wildman–Crippen MR) is 81.8 cm³/mol. The molecule has 96 valence electrons. The zero-order valence-electron chi connectivity index (χ0n) is 9.44. The number of fused-ring (bicyclic) bond motifs is 1. The molecule has 0 aliphatic heterocycles. The summed E-state index contributed by atoms with van der Waals surface area (Å²) >= 11 is 6.17. The minimum absolute atomic E-state index is 0.185. The molecule has 0 aliphatic carbocycles. The van der Waals surface area contributed by atoms with E-state index in [1.165, 1.54) is 23.5 Å². The van der Waals surface area contributed by atoms with Gasteiger partial charge in [-0.1, -0.05) is 15.9 Å². The first-order valence-corrected chi connectivity index (χ1v) is 7.86. The van der Waals surface area contributed by atoms with Crippen LogP contribution in [0, 0.1) is 5.82 Å². The van der Waals surface area contributed by atoms with Crippen LogP contribution >= 0.6 is 38.6 Å². The molecule has 0 fully saturated rings. The minimum Gasteiger partial charge on any atom is -0.319 e. The van der Waals surface area contributed by atoms with Gasteiger partial charge < -0.3 is 5.32 Å². The summed E-state index contributed by atoms with van der Waals surface area (Å²) in [6, 6.07) is 8.35. The number of carbonyl (C=O) groups excluding carboxylic acids is 1. The molecular formula is C13H7BrFNOS2. The van der Waals surface area contributed by atoms with Crippen LogP contribution in [0.2, 0.25) is 0 Å². The van der Waals surface area contributed by atoms with Gasteiger partial charge in [0.2, 0.25) is 0 Å². The van der Waals surface area contributed by atoms with E-state index in [1.807, 2.05) is 17.5 Å². The summed E-state index contributed by atoms with van der Waals surface area (Å²) in [7, 11) is 0. The van der Waals surface area contributed by atoms with Crippen LogP contribution in [0.15, 0.2) is 40.2 Å². The number of anilines is 1. The van der Waals surface area contributed by atoms with Crippen molar-refractivity contribution in [2.45, 2.75) is 0 Å². The second-order valence-corrected chi connectivity index (χ2v) is 6.79. The van der Waals surface area contributed by atoms with Crippen molar-refractivity contribution < 1.29 is 9.18 Å². The number of nitrogens with one attached hydrogen (secondary N) is 1. The summed E-state index contributed by atoms with van der Waals surface area (Å²) in [5.41, 5.74) is 0.185. The third-order valence-electron chi connectivity index (χ3n) is 2.54. The van der Waals surface area contributed by atoms with Crippen molar-refractivity contribution in [2.24, 2.45) is 0 Å². The van der Waals surface area contributed by atoms with Crippen LogP contribution < -0.4 is 5.32 Å². The van der Waals surface area contributed by atoms with Gasteiger partial charge in [-0.25, -0.2) is 4.39 Å². The maximum atomic E-state index is 13.6. The first-order valence-electron chi connectivity index (χ1n) is 5.37. The number of benzene rings is 1. The van der Waals surface area contributed by atoms with E-state index in [4.69, 9.17) is 0 Å². The summed E-state index contributed by atoms with van der Waals surface area (Å²) < 4.78 is 16.4. The first kappa shape index (κ1) is 12.8. The predicted octanol–water partition coefficient (Wildman–Crippen LogP) is 5.12. The molecule has 0 radical (unpaired) electrons. The smallest absolute Gasteiger partial charge is 0.265 e. The van der Waals surface area contributed by atoms with Gasteiger partial charge >= 0.3 is 0 Å². The second kappa shape index (κ2) is 5.03. The Morgan fingerprint density at radius 2 is 2.05 bits per heavy atom. The van der Waals surface area contributed by atoms with Crippen LogP contribution in [-0.2, 0) is 0 Å². The number of carbonyl (C=O) groups is 1. The molecule has 1 aromatic carbocycles. The van der Waals surface area contributed by atoms with Gasteiger partial charge in [-0.15, -0.1) is 22.7 Å². The lowest BCUT2D eigenvalue weighted by Crippen LogP contribution is -2.11. The van der Waals surface area contributed by atoms with E-state index in [-0.39, 0.29) is 11.6 Å². The molecule has 0 saturated heterocycles. The number of rotatable bonds is 2. The summed E-state index contributed by atoms with van der Waals surface area (Å²) in [6.07, 6.45) is 0. The Balaban J connectivity index is 1.86. The van der Waals surface area contributed by atoms with E-state index in [0.29, 0.717) is 9.35 Å². The number of hydrogen-bond donors (Lipinski definition) is 1. The van der Waals surface area contributed by atoms with Gasteiger partial charge in [-0.3, -0.25) is 4.79 Å². The molecule has 2 heterocycles. The average Bonchev–Trinajstić information content (AvgIpc) is 2.93. The van der Waals surface area contributed by atoms with E-state index in [9.17, 15) is 9.18 Å². The lowest BCUT2D eigenvalue weighted by Gasteiger charge is -2.05. The van der Waals surface area contributed by atoms with Crippen molar-refractivity contribution in [3.8, 4) is 0 Å². The van der Waals surface area contributed by atoms with Crippen molar-refractivity contribution >= 4 is 59.6 Å². The molecule has 3 aromatic rings. The highest BCUT2D eigenvalue weighted by Gasteiger charge is 2.13. The van der Waals surface area contributed by atoms with Gasteiger partial charge in [0.15, 0.2) is 0 Å². The van der Waals surface area contributed by atoms with Gasteiger partial charge in [0.1, 0.15) is 5.82 Å². The maximum Gasteiger partial charge on any atom is 0.265 e. The third-order valence-corrected chi connectivity index (χ3v) is 5.13. The Bertz CT molecular complexity index is 736. The molecule has 0 bridgehead atoms. The molecule has 2 aromatic heterocycles. The minimum atomic E-state index is -0.457. The summed E-state index contributed by atoms with van der Waals surface area (Å²) in [6.45, 7) is 0. The molecule has 1 N–H and O–H groups in total. The standard InChI is InChI=1S/C13H7BrFNOS2/c14-7-1-2-9(8(15)5-7)16-13(17)12-6-11-10(19-12)3-4-18-11/h1-6H,(H,16,17). The maximum absolute atomic E-state index is 13.6. The van der Waals surface area contributed by atoms with Crippen LogP contribution in [-0.4, -0.2) is 5.91 Å². The van der Waals surface area contributed by atoms with Gasteiger partial charge in [-0.2, -0.15) is 0 Å². The third kappa shape index (κ3) is 2.56. The van der Waals surface area contributed by atoms with Gasteiger partial charge in [0.05, 0.1) is 10.6 Å². The molecule has 3 rings (SSSR count). The monoisotopic (exact) mass is 355 g/mol. The number of halogens is 2. The van der Waals surface area contributed by atoms with Gasteiger partial charge in [0, 0.05) is 13.9 Å². The number of amides is 1. The summed E-state index contributed by atoms with van der Waals surface area (Å²) in [4.78, 5) is 12.6. The molecule has 0 atom stereocenters. The fourth-order valence-corrected chi connectivity index (χ4v) is 3.99. The van der Waals surface area contributed by atoms with E-state index in [0.717, 1.165) is 9.40 Å². The van der Waals surface area contributed by atoms with Crippen molar-refractivity contribution in [1.29, 1.82) is 0 Å². The zero-order chi connectivity index (χ0) is 13.4. The zero-order valence-corrected chi connectivity index (χ0v) is 12.7. The Hall–Kier alpha value is -1.24. The molecule has 2 nitrogen and oxygen atoms in total. The molecule has 0 aliphatic rings. The highest BCUT2D eigenvalue weighted by Crippen LogP contribution is 2.30. The van der Waals surface area contributed by atoms with Crippen molar-refractivity contribution in [1.82, 2.24) is 0 Å². The van der Waals surface area contributed by atoms with Crippen molar-refractivity contribution in [3.05, 3.63) is 50.9 Å². The average molecular weight is 356 g/mol. The summed E-state index contributed by atoms with van der Waals surface area (Å²) in [5.74, 6) is -0.740. The summed E-state index contributed by atoms with van der Waals surface area (Å²) in [5, 5.41) is 4.57. The van der Waals surface area contributed by atoms with Crippen LogP contribution in [0.25, 0.3) is 9.40 Å². The molecule has 19 heavy (non-hydrogen) atoms. The molecule has 1 amide bonds. The van der Waals surface area contributed by atoms with Crippen molar-refractivity contribution in [2.75, 3.05) is 5.32 Å². The lowest BCUT2D eigenvalue weighted by atomic mass is 10.3. The second-order valence-electron chi connectivity index (χ2n) is 3.84. The highest BCUT2D eigenvalue weighted by molar-refractivity contribution is 9.10. The Morgan fingerprint density at radius 1 is 1.21 bits per heavy atom. The highest BCUT2D eigenvalue weighted by atomic mass is 79.9. The number of hydrogen-bond acceptors (Lipinski definition) is 3. The van der Waals surface area contributed by atoms with Crippen molar-refractivity contribution in [3.63, 3.8) is 0 Å².